The molecule has 1 aromatic carbocycles. The van der Waals surface area contributed by atoms with Crippen molar-refractivity contribution in [3.8, 4) is 0 Å². The third kappa shape index (κ3) is 1.83. The van der Waals surface area contributed by atoms with Crippen LogP contribution in [0.1, 0.15) is 23.6 Å². The summed E-state index contributed by atoms with van der Waals surface area (Å²) in [7, 11) is 0. The first-order valence-corrected chi connectivity index (χ1v) is 5.53. The summed E-state index contributed by atoms with van der Waals surface area (Å²) in [5.41, 5.74) is 1.88. The molecule has 1 aromatic rings. The van der Waals surface area contributed by atoms with Crippen LogP contribution < -0.4 is 0 Å². The molecule has 0 amide bonds. The van der Waals surface area contributed by atoms with Crippen LogP contribution in [-0.2, 0) is 22.4 Å². The van der Waals surface area contributed by atoms with Crippen molar-refractivity contribution < 1.29 is 14.6 Å². The number of hydrogen-bond acceptors (Lipinski definition) is 3. The van der Waals surface area contributed by atoms with Gasteiger partial charge in [0.1, 0.15) is 0 Å². The van der Waals surface area contributed by atoms with Crippen molar-refractivity contribution in [1.82, 2.24) is 0 Å². The summed E-state index contributed by atoms with van der Waals surface area (Å²) in [6.45, 7) is 4.05. The maximum absolute atomic E-state index is 11.6. The standard InChI is InChI=1S/C13H16O3/c1-3-16-12(14)13(15)7-10-5-4-9(2)6-11(10)8-13/h4-6,15H,3,7-8H2,1-2H3. The fourth-order valence-electron chi connectivity index (χ4n) is 2.19. The summed E-state index contributed by atoms with van der Waals surface area (Å²) in [5.74, 6) is -0.510. The zero-order valence-corrected chi connectivity index (χ0v) is 9.62. The van der Waals surface area contributed by atoms with Crippen molar-refractivity contribution in [1.29, 1.82) is 0 Å². The lowest BCUT2D eigenvalue weighted by molar-refractivity contribution is -0.163. The van der Waals surface area contributed by atoms with E-state index in [0.29, 0.717) is 19.4 Å². The first-order chi connectivity index (χ1) is 7.55. The molecule has 1 atom stereocenters. The summed E-state index contributed by atoms with van der Waals surface area (Å²) in [5, 5.41) is 10.2. The van der Waals surface area contributed by atoms with E-state index in [2.05, 4.69) is 0 Å². The topological polar surface area (TPSA) is 46.5 Å². The molecule has 3 nitrogen and oxygen atoms in total. The van der Waals surface area contributed by atoms with Crippen LogP contribution in [0.15, 0.2) is 18.2 Å². The molecule has 0 saturated heterocycles. The van der Waals surface area contributed by atoms with Gasteiger partial charge in [-0.3, -0.25) is 0 Å². The van der Waals surface area contributed by atoms with Gasteiger partial charge >= 0.3 is 5.97 Å². The highest BCUT2D eigenvalue weighted by Gasteiger charge is 2.43. The van der Waals surface area contributed by atoms with E-state index in [9.17, 15) is 9.90 Å². The monoisotopic (exact) mass is 220 g/mol. The number of benzene rings is 1. The molecule has 2 rings (SSSR count). The number of rotatable bonds is 2. The van der Waals surface area contributed by atoms with Gasteiger partial charge in [0.25, 0.3) is 0 Å². The molecule has 1 N–H and O–H groups in total. The van der Waals surface area contributed by atoms with Crippen molar-refractivity contribution >= 4 is 5.97 Å². The Bertz CT molecular complexity index is 425. The highest BCUT2D eigenvalue weighted by atomic mass is 16.5. The molecule has 0 saturated carbocycles. The maximum atomic E-state index is 11.6. The Morgan fingerprint density at radius 2 is 2.12 bits per heavy atom. The predicted molar refractivity (Wildman–Crippen MR) is 60.2 cm³/mol. The van der Waals surface area contributed by atoms with Gasteiger partial charge in [0.05, 0.1) is 6.61 Å². The Hall–Kier alpha value is -1.35. The molecular weight excluding hydrogens is 204 g/mol. The van der Waals surface area contributed by atoms with E-state index in [4.69, 9.17) is 4.74 Å². The second kappa shape index (κ2) is 3.91. The molecule has 0 aliphatic heterocycles. The summed E-state index contributed by atoms with van der Waals surface area (Å²) in [6.07, 6.45) is 0.726. The van der Waals surface area contributed by atoms with Crippen LogP contribution in [0.5, 0.6) is 0 Å². The molecular formula is C13H16O3. The highest BCUT2D eigenvalue weighted by molar-refractivity contribution is 5.81. The molecule has 1 unspecified atom stereocenters. The average Bonchev–Trinajstić information content (AvgIpc) is 2.55. The van der Waals surface area contributed by atoms with Crippen LogP contribution in [0, 0.1) is 6.92 Å². The molecule has 0 heterocycles. The van der Waals surface area contributed by atoms with E-state index in [1.807, 2.05) is 25.1 Å². The van der Waals surface area contributed by atoms with Crippen molar-refractivity contribution in [2.24, 2.45) is 0 Å². The average molecular weight is 220 g/mol. The second-order valence-electron chi connectivity index (χ2n) is 4.38. The Morgan fingerprint density at radius 3 is 2.81 bits per heavy atom. The summed E-state index contributed by atoms with van der Waals surface area (Å²) >= 11 is 0. The molecule has 0 spiro atoms. The smallest absolute Gasteiger partial charge is 0.338 e. The molecule has 16 heavy (non-hydrogen) atoms. The molecule has 0 bridgehead atoms. The Balaban J connectivity index is 2.24. The molecule has 0 aromatic heterocycles. The second-order valence-corrected chi connectivity index (χ2v) is 4.38. The van der Waals surface area contributed by atoms with Crippen LogP contribution >= 0.6 is 0 Å². The first kappa shape index (κ1) is 11.1. The van der Waals surface area contributed by atoms with Crippen molar-refractivity contribution in [2.75, 3.05) is 6.61 Å². The number of hydrogen-bond donors (Lipinski definition) is 1. The third-order valence-corrected chi connectivity index (χ3v) is 2.98. The van der Waals surface area contributed by atoms with E-state index in [1.165, 1.54) is 0 Å². The van der Waals surface area contributed by atoms with Gasteiger partial charge < -0.3 is 9.84 Å². The van der Waals surface area contributed by atoms with Gasteiger partial charge in [0.15, 0.2) is 5.60 Å². The number of aliphatic hydroxyl groups is 1. The van der Waals surface area contributed by atoms with E-state index in [0.717, 1.165) is 16.7 Å². The van der Waals surface area contributed by atoms with Gasteiger partial charge in [0.2, 0.25) is 0 Å². The normalized spacial score (nSPS) is 22.9. The molecule has 1 aliphatic rings. The Morgan fingerprint density at radius 1 is 1.44 bits per heavy atom. The van der Waals surface area contributed by atoms with Gasteiger partial charge in [-0.15, -0.1) is 0 Å². The third-order valence-electron chi connectivity index (χ3n) is 2.98. The van der Waals surface area contributed by atoms with E-state index >= 15 is 0 Å². The minimum Gasteiger partial charge on any atom is -0.464 e. The number of fused-ring (bicyclic) bond motifs is 1. The van der Waals surface area contributed by atoms with Crippen molar-refractivity contribution in [3.63, 3.8) is 0 Å². The molecule has 1 aliphatic carbocycles. The SMILES string of the molecule is CCOC(=O)C1(O)Cc2ccc(C)cc2C1. The maximum Gasteiger partial charge on any atom is 0.338 e. The van der Waals surface area contributed by atoms with Crippen LogP contribution in [0.3, 0.4) is 0 Å². The lowest BCUT2D eigenvalue weighted by Gasteiger charge is -2.19. The summed E-state index contributed by atoms with van der Waals surface area (Å²) < 4.78 is 4.90. The fraction of sp³-hybridized carbons (Fsp3) is 0.462. The van der Waals surface area contributed by atoms with Crippen molar-refractivity contribution in [2.45, 2.75) is 32.3 Å². The summed E-state index contributed by atoms with van der Waals surface area (Å²) in [4.78, 5) is 11.6. The fourth-order valence-corrected chi connectivity index (χ4v) is 2.19. The lowest BCUT2D eigenvalue weighted by Crippen LogP contribution is -2.40. The first-order valence-electron chi connectivity index (χ1n) is 5.53. The zero-order valence-electron chi connectivity index (χ0n) is 9.62. The zero-order chi connectivity index (χ0) is 11.8. The molecule has 0 fully saturated rings. The number of carbonyl (C=O) groups is 1. The van der Waals surface area contributed by atoms with Gasteiger partial charge in [-0.1, -0.05) is 23.8 Å². The number of aryl methyl sites for hydroxylation is 1. The Kier molecular flexibility index (Phi) is 2.72. The number of esters is 1. The van der Waals surface area contributed by atoms with Crippen LogP contribution in [0.4, 0.5) is 0 Å². The number of carbonyl (C=O) groups excluding carboxylic acids is 1. The van der Waals surface area contributed by atoms with E-state index in [1.54, 1.807) is 6.92 Å². The van der Waals surface area contributed by atoms with Crippen LogP contribution in [0.25, 0.3) is 0 Å². The van der Waals surface area contributed by atoms with Gasteiger partial charge in [-0.2, -0.15) is 0 Å². The molecule has 3 heteroatoms. The molecule has 86 valence electrons. The number of ether oxygens (including phenoxy) is 1. The Labute approximate surface area is 95.0 Å². The van der Waals surface area contributed by atoms with Crippen LogP contribution in [-0.4, -0.2) is 23.3 Å². The lowest BCUT2D eigenvalue weighted by atomic mass is 10.0. The highest BCUT2D eigenvalue weighted by Crippen LogP contribution is 2.31. The summed E-state index contributed by atoms with van der Waals surface area (Å²) in [6, 6.07) is 5.99. The van der Waals surface area contributed by atoms with Gasteiger partial charge in [-0.25, -0.2) is 4.79 Å². The van der Waals surface area contributed by atoms with E-state index < -0.39 is 11.6 Å². The minimum absolute atomic E-state index is 0.302. The van der Waals surface area contributed by atoms with Gasteiger partial charge in [-0.05, 0) is 25.0 Å². The van der Waals surface area contributed by atoms with E-state index in [-0.39, 0.29) is 0 Å². The molecule has 0 radical (unpaired) electrons. The van der Waals surface area contributed by atoms with Gasteiger partial charge in [0, 0.05) is 12.8 Å². The quantitative estimate of drug-likeness (QED) is 0.766. The predicted octanol–water partition coefficient (Wildman–Crippen LogP) is 1.39. The minimum atomic E-state index is -1.36. The van der Waals surface area contributed by atoms with Crippen molar-refractivity contribution in [3.05, 3.63) is 34.9 Å². The van der Waals surface area contributed by atoms with Crippen LogP contribution in [0.2, 0.25) is 0 Å². The largest absolute Gasteiger partial charge is 0.464 e.